The van der Waals surface area contributed by atoms with Crippen LogP contribution >= 0.6 is 0 Å². The number of fused-ring (bicyclic) bond motifs is 6. The molecule has 0 aliphatic rings. The number of hydrogen-bond donors (Lipinski definition) is 0. The first-order valence-corrected chi connectivity index (χ1v) is 18.0. The minimum absolute atomic E-state index is 0.900. The molecular weight excluding hydrogens is 645 g/mol. The Bertz CT molecular complexity index is 2860. The summed E-state index contributed by atoms with van der Waals surface area (Å²) in [6.07, 6.45) is 0. The standard InChI is InChI=1S/C50H34N2O/c1-4-18-37(19-5-1)51(38-20-6-2-7-21-38)41-30-31-44-47(34-41)42-25-11-10-16-36(42)33-48(44)52(39-22-8-3-9-23-39)40-24-14-17-35(32-40)43-27-15-28-46-45-26-12-13-29-49(45)53-50(43)46/h1-34H. The summed E-state index contributed by atoms with van der Waals surface area (Å²) in [5.74, 6) is 0. The zero-order valence-corrected chi connectivity index (χ0v) is 28.9. The normalized spacial score (nSPS) is 11.4. The highest BCUT2D eigenvalue weighted by Crippen LogP contribution is 2.45. The average Bonchev–Trinajstić information content (AvgIpc) is 3.61. The Balaban J connectivity index is 1.19. The van der Waals surface area contributed by atoms with Crippen molar-refractivity contribution < 1.29 is 4.42 Å². The molecule has 0 bridgehead atoms. The molecule has 0 fully saturated rings. The second-order valence-corrected chi connectivity index (χ2v) is 13.4. The van der Waals surface area contributed by atoms with Gasteiger partial charge in [0.1, 0.15) is 11.2 Å². The van der Waals surface area contributed by atoms with Crippen LogP contribution in [0.5, 0.6) is 0 Å². The molecule has 0 unspecified atom stereocenters. The van der Waals surface area contributed by atoms with E-state index in [4.69, 9.17) is 4.42 Å². The molecule has 1 heterocycles. The van der Waals surface area contributed by atoms with Crippen molar-refractivity contribution in [1.82, 2.24) is 0 Å². The lowest BCUT2D eigenvalue weighted by atomic mass is 9.97. The molecule has 53 heavy (non-hydrogen) atoms. The van der Waals surface area contributed by atoms with Gasteiger partial charge in [-0.2, -0.15) is 0 Å². The van der Waals surface area contributed by atoms with Crippen LogP contribution in [0.15, 0.2) is 211 Å². The van der Waals surface area contributed by atoms with E-state index < -0.39 is 0 Å². The van der Waals surface area contributed by atoms with E-state index in [1.165, 1.54) is 21.5 Å². The van der Waals surface area contributed by atoms with Gasteiger partial charge in [-0.3, -0.25) is 0 Å². The van der Waals surface area contributed by atoms with Gasteiger partial charge in [0.2, 0.25) is 0 Å². The van der Waals surface area contributed by atoms with Crippen molar-refractivity contribution in [2.45, 2.75) is 0 Å². The number of benzene rings is 9. The molecule has 0 spiro atoms. The second-order valence-electron chi connectivity index (χ2n) is 13.4. The summed E-state index contributed by atoms with van der Waals surface area (Å²) in [7, 11) is 0. The molecule has 0 saturated heterocycles. The highest BCUT2D eigenvalue weighted by atomic mass is 16.3. The Morgan fingerprint density at radius 3 is 1.62 bits per heavy atom. The van der Waals surface area contributed by atoms with E-state index >= 15 is 0 Å². The number of rotatable bonds is 7. The largest absolute Gasteiger partial charge is 0.455 e. The monoisotopic (exact) mass is 678 g/mol. The van der Waals surface area contributed by atoms with Gasteiger partial charge in [0, 0.05) is 50.2 Å². The molecule has 0 aliphatic heterocycles. The number of anilines is 6. The molecule has 0 amide bonds. The summed E-state index contributed by atoms with van der Waals surface area (Å²) in [6.45, 7) is 0. The molecule has 0 aliphatic carbocycles. The molecule has 3 heteroatoms. The van der Waals surface area contributed by atoms with Gasteiger partial charge in [0.15, 0.2) is 0 Å². The number of nitrogens with zero attached hydrogens (tertiary/aromatic N) is 2. The molecule has 250 valence electrons. The van der Waals surface area contributed by atoms with E-state index in [0.29, 0.717) is 0 Å². The van der Waals surface area contributed by atoms with Gasteiger partial charge in [0.05, 0.1) is 5.69 Å². The Morgan fingerprint density at radius 2 is 0.887 bits per heavy atom. The van der Waals surface area contributed by atoms with Crippen LogP contribution in [0.2, 0.25) is 0 Å². The SMILES string of the molecule is c1ccc(N(c2ccccc2)c2ccc3c(N(c4ccccc4)c4cccc(-c5cccc6c5oc5ccccc56)c4)cc4ccccc4c3c2)cc1. The molecule has 1 aromatic heterocycles. The maximum absolute atomic E-state index is 6.49. The van der Waals surface area contributed by atoms with Gasteiger partial charge < -0.3 is 14.2 Å². The smallest absolute Gasteiger partial charge is 0.143 e. The van der Waals surface area contributed by atoms with Crippen molar-refractivity contribution in [3.8, 4) is 11.1 Å². The highest BCUT2D eigenvalue weighted by Gasteiger charge is 2.21. The maximum atomic E-state index is 6.49. The fourth-order valence-electron chi connectivity index (χ4n) is 7.79. The molecule has 10 aromatic rings. The first kappa shape index (κ1) is 30.7. The van der Waals surface area contributed by atoms with Crippen molar-refractivity contribution >= 4 is 77.6 Å². The highest BCUT2D eigenvalue weighted by molar-refractivity contribution is 6.16. The van der Waals surface area contributed by atoms with E-state index in [1.54, 1.807) is 0 Å². The predicted octanol–water partition coefficient (Wildman–Crippen LogP) is 14.5. The van der Waals surface area contributed by atoms with Gasteiger partial charge in [-0.15, -0.1) is 0 Å². The Morgan fingerprint density at radius 1 is 0.321 bits per heavy atom. The lowest BCUT2D eigenvalue weighted by Gasteiger charge is -2.29. The maximum Gasteiger partial charge on any atom is 0.143 e. The first-order chi connectivity index (χ1) is 26.3. The minimum Gasteiger partial charge on any atom is -0.455 e. The molecular formula is C50H34N2O. The van der Waals surface area contributed by atoms with Crippen LogP contribution in [0.3, 0.4) is 0 Å². The molecule has 3 nitrogen and oxygen atoms in total. The van der Waals surface area contributed by atoms with Crippen LogP contribution < -0.4 is 9.80 Å². The van der Waals surface area contributed by atoms with Gasteiger partial charge in [0.25, 0.3) is 0 Å². The number of furan rings is 1. The van der Waals surface area contributed by atoms with Gasteiger partial charge >= 0.3 is 0 Å². The third-order valence-electron chi connectivity index (χ3n) is 10.2. The van der Waals surface area contributed by atoms with Crippen molar-refractivity contribution in [3.63, 3.8) is 0 Å². The van der Waals surface area contributed by atoms with Crippen LogP contribution in [0.1, 0.15) is 0 Å². The Hall–Kier alpha value is -7.10. The molecule has 9 aromatic carbocycles. The van der Waals surface area contributed by atoms with Gasteiger partial charge in [-0.25, -0.2) is 0 Å². The van der Waals surface area contributed by atoms with E-state index in [2.05, 4.69) is 204 Å². The lowest BCUT2D eigenvalue weighted by Crippen LogP contribution is -2.11. The molecule has 0 radical (unpaired) electrons. The molecule has 0 N–H and O–H groups in total. The van der Waals surface area contributed by atoms with E-state index in [0.717, 1.165) is 67.2 Å². The quantitative estimate of drug-likeness (QED) is 0.156. The first-order valence-electron chi connectivity index (χ1n) is 18.0. The molecule has 0 atom stereocenters. The third kappa shape index (κ3) is 5.38. The summed E-state index contributed by atoms with van der Waals surface area (Å²) in [4.78, 5) is 4.72. The van der Waals surface area contributed by atoms with Crippen LogP contribution in [-0.2, 0) is 0 Å². The van der Waals surface area contributed by atoms with Crippen LogP contribution in [0.4, 0.5) is 34.1 Å². The second kappa shape index (κ2) is 12.9. The molecule has 10 rings (SSSR count). The van der Waals surface area contributed by atoms with Crippen LogP contribution in [0, 0.1) is 0 Å². The lowest BCUT2D eigenvalue weighted by molar-refractivity contribution is 0.670. The third-order valence-corrected chi connectivity index (χ3v) is 10.2. The number of para-hydroxylation sites is 5. The van der Waals surface area contributed by atoms with Crippen molar-refractivity contribution in [1.29, 1.82) is 0 Å². The zero-order valence-electron chi connectivity index (χ0n) is 28.9. The Labute approximate surface area is 308 Å². The summed E-state index contributed by atoms with van der Waals surface area (Å²) < 4.78 is 6.49. The van der Waals surface area contributed by atoms with E-state index in [-0.39, 0.29) is 0 Å². The van der Waals surface area contributed by atoms with Crippen molar-refractivity contribution in [2.24, 2.45) is 0 Å². The van der Waals surface area contributed by atoms with Gasteiger partial charge in [-0.1, -0.05) is 133 Å². The summed E-state index contributed by atoms with van der Waals surface area (Å²) >= 11 is 0. The summed E-state index contributed by atoms with van der Waals surface area (Å²) in [6, 6.07) is 73.4. The Kier molecular flexibility index (Phi) is 7.47. The fraction of sp³-hybridized carbons (Fsp3) is 0. The topological polar surface area (TPSA) is 19.6 Å². The average molecular weight is 679 g/mol. The summed E-state index contributed by atoms with van der Waals surface area (Å²) in [5, 5.41) is 7.01. The van der Waals surface area contributed by atoms with E-state index in [1.807, 2.05) is 12.1 Å². The number of hydrogen-bond acceptors (Lipinski definition) is 3. The van der Waals surface area contributed by atoms with Crippen LogP contribution in [0.25, 0.3) is 54.6 Å². The van der Waals surface area contributed by atoms with Crippen molar-refractivity contribution in [3.05, 3.63) is 206 Å². The van der Waals surface area contributed by atoms with Gasteiger partial charge in [-0.05, 0) is 94.5 Å². The van der Waals surface area contributed by atoms with Crippen LogP contribution in [-0.4, -0.2) is 0 Å². The van der Waals surface area contributed by atoms with E-state index in [9.17, 15) is 0 Å². The fourth-order valence-corrected chi connectivity index (χ4v) is 7.79. The zero-order chi connectivity index (χ0) is 35.1. The van der Waals surface area contributed by atoms with Crippen molar-refractivity contribution in [2.75, 3.05) is 9.80 Å². The minimum atomic E-state index is 0.900. The predicted molar refractivity (Wildman–Crippen MR) is 224 cm³/mol. The summed E-state index contributed by atoms with van der Waals surface area (Å²) in [5.41, 5.74) is 10.6. The molecule has 0 saturated carbocycles.